The van der Waals surface area contributed by atoms with Gasteiger partial charge in [-0.1, -0.05) is 24.3 Å². The molecule has 2 aromatic rings. The lowest BCUT2D eigenvalue weighted by Crippen LogP contribution is -2.29. The normalized spacial score (nSPS) is 14.2. The summed E-state index contributed by atoms with van der Waals surface area (Å²) in [5, 5.41) is 6.25. The number of rotatable bonds is 5. The van der Waals surface area contributed by atoms with Gasteiger partial charge in [0.1, 0.15) is 0 Å². The summed E-state index contributed by atoms with van der Waals surface area (Å²) in [4.78, 5) is 13.7. The Morgan fingerprint density at radius 1 is 1.07 bits per heavy atom. The Hall–Kier alpha value is -2.61. The van der Waals surface area contributed by atoms with E-state index in [1.165, 1.54) is 12.1 Å². The van der Waals surface area contributed by atoms with E-state index in [2.05, 4.69) is 10.6 Å². The fourth-order valence-electron chi connectivity index (χ4n) is 3.05. The number of nitrogens with one attached hydrogen (secondary N) is 2. The van der Waals surface area contributed by atoms with Crippen LogP contribution < -0.4 is 10.6 Å². The maximum absolute atomic E-state index is 12.6. The highest BCUT2D eigenvalue weighted by molar-refractivity contribution is 7.80. The number of likely N-dealkylation sites (tertiary alicyclic amines) is 1. The molecule has 0 atom stereocenters. The third-order valence-electron chi connectivity index (χ3n) is 4.56. The third kappa shape index (κ3) is 5.22. The van der Waals surface area contributed by atoms with E-state index in [9.17, 15) is 18.0 Å². The standard InChI is InChI=1S/C20H20F3N3OS/c21-20(22,23)16-7-9-17(10-8-16)25-19(28)24-12-14-4-1-2-5-15(14)13-26-11-3-6-18(26)27/h1-2,4-5,7-10H,3,6,11-13H2,(H2,24,25,28). The predicted octanol–water partition coefficient (Wildman–Crippen LogP) is 4.31. The lowest BCUT2D eigenvalue weighted by molar-refractivity contribution is -0.137. The number of benzene rings is 2. The highest BCUT2D eigenvalue weighted by atomic mass is 32.1. The summed E-state index contributed by atoms with van der Waals surface area (Å²) in [6.45, 7) is 1.79. The number of hydrogen-bond acceptors (Lipinski definition) is 2. The van der Waals surface area contributed by atoms with Gasteiger partial charge in [0.05, 0.1) is 5.56 Å². The van der Waals surface area contributed by atoms with Gasteiger partial charge < -0.3 is 15.5 Å². The van der Waals surface area contributed by atoms with E-state index in [0.29, 0.717) is 30.3 Å². The number of amides is 1. The Kier molecular flexibility index (Phi) is 6.18. The topological polar surface area (TPSA) is 44.4 Å². The summed E-state index contributed by atoms with van der Waals surface area (Å²) < 4.78 is 37.8. The van der Waals surface area contributed by atoms with Crippen molar-refractivity contribution < 1.29 is 18.0 Å². The number of thiocarbonyl (C=S) groups is 1. The van der Waals surface area contributed by atoms with E-state index in [-0.39, 0.29) is 5.91 Å². The Bertz CT molecular complexity index is 853. The molecule has 0 aliphatic carbocycles. The average molecular weight is 407 g/mol. The van der Waals surface area contributed by atoms with Gasteiger partial charge in [-0.25, -0.2) is 0 Å². The first-order valence-electron chi connectivity index (χ1n) is 8.89. The maximum Gasteiger partial charge on any atom is 0.416 e. The van der Waals surface area contributed by atoms with Crippen LogP contribution in [0, 0.1) is 0 Å². The highest BCUT2D eigenvalue weighted by Crippen LogP contribution is 2.29. The summed E-state index contributed by atoms with van der Waals surface area (Å²) in [7, 11) is 0. The number of alkyl halides is 3. The molecule has 0 bridgehead atoms. The molecule has 2 N–H and O–H groups in total. The number of carbonyl (C=O) groups is 1. The molecule has 8 heteroatoms. The predicted molar refractivity (Wildman–Crippen MR) is 106 cm³/mol. The second-order valence-electron chi connectivity index (χ2n) is 6.57. The van der Waals surface area contributed by atoms with Crippen LogP contribution >= 0.6 is 12.2 Å². The van der Waals surface area contributed by atoms with E-state index in [0.717, 1.165) is 36.2 Å². The van der Waals surface area contributed by atoms with Crippen LogP contribution in [0.2, 0.25) is 0 Å². The smallest absolute Gasteiger partial charge is 0.358 e. The highest BCUT2D eigenvalue weighted by Gasteiger charge is 2.29. The van der Waals surface area contributed by atoms with Crippen molar-refractivity contribution in [1.82, 2.24) is 10.2 Å². The van der Waals surface area contributed by atoms with Crippen LogP contribution in [0.3, 0.4) is 0 Å². The van der Waals surface area contributed by atoms with Crippen LogP contribution in [0.4, 0.5) is 18.9 Å². The van der Waals surface area contributed by atoms with Crippen LogP contribution in [0.15, 0.2) is 48.5 Å². The average Bonchev–Trinajstić information content (AvgIpc) is 3.05. The summed E-state index contributed by atoms with van der Waals surface area (Å²) in [6, 6.07) is 12.5. The first-order chi connectivity index (χ1) is 13.3. The minimum atomic E-state index is -4.36. The van der Waals surface area contributed by atoms with Crippen LogP contribution in [0.1, 0.15) is 29.5 Å². The summed E-state index contributed by atoms with van der Waals surface area (Å²) >= 11 is 5.24. The van der Waals surface area contributed by atoms with Crippen LogP contribution in [0.5, 0.6) is 0 Å². The van der Waals surface area contributed by atoms with E-state index >= 15 is 0 Å². The largest absolute Gasteiger partial charge is 0.416 e. The molecule has 3 rings (SSSR count). The van der Waals surface area contributed by atoms with Gasteiger partial charge in [-0.05, 0) is 54.0 Å². The molecule has 1 aliphatic rings. The van der Waals surface area contributed by atoms with Crippen LogP contribution in [-0.2, 0) is 24.1 Å². The maximum atomic E-state index is 12.6. The fraction of sp³-hybridized carbons (Fsp3) is 0.300. The SMILES string of the molecule is O=C1CCCN1Cc1ccccc1CNC(=S)Nc1ccc(C(F)(F)F)cc1. The van der Waals surface area contributed by atoms with Gasteiger partial charge in [-0.15, -0.1) is 0 Å². The van der Waals surface area contributed by atoms with E-state index in [1.54, 1.807) is 0 Å². The van der Waals surface area contributed by atoms with Crippen molar-refractivity contribution in [2.24, 2.45) is 0 Å². The van der Waals surface area contributed by atoms with Crippen molar-refractivity contribution in [2.45, 2.75) is 32.1 Å². The summed E-state index contributed by atoms with van der Waals surface area (Å²) in [5.74, 6) is 0.169. The van der Waals surface area contributed by atoms with Gasteiger partial charge in [0.2, 0.25) is 5.91 Å². The molecule has 28 heavy (non-hydrogen) atoms. The van der Waals surface area contributed by atoms with Gasteiger partial charge in [-0.3, -0.25) is 4.79 Å². The monoisotopic (exact) mass is 407 g/mol. The van der Waals surface area contributed by atoms with Gasteiger partial charge in [0, 0.05) is 31.7 Å². The number of hydrogen-bond donors (Lipinski definition) is 2. The van der Waals surface area contributed by atoms with Gasteiger partial charge >= 0.3 is 6.18 Å². The van der Waals surface area contributed by atoms with Crippen molar-refractivity contribution in [3.8, 4) is 0 Å². The van der Waals surface area contributed by atoms with Crippen molar-refractivity contribution >= 4 is 28.9 Å². The van der Waals surface area contributed by atoms with Crippen LogP contribution in [0.25, 0.3) is 0 Å². The zero-order valence-corrected chi connectivity index (χ0v) is 15.9. The van der Waals surface area contributed by atoms with Crippen molar-refractivity contribution in [2.75, 3.05) is 11.9 Å². The molecule has 4 nitrogen and oxygen atoms in total. The summed E-state index contributed by atoms with van der Waals surface area (Å²) in [6.07, 6.45) is -2.88. The third-order valence-corrected chi connectivity index (χ3v) is 4.81. The number of anilines is 1. The molecule has 0 unspecified atom stereocenters. The van der Waals surface area contributed by atoms with Crippen molar-refractivity contribution in [3.63, 3.8) is 0 Å². The molecule has 148 valence electrons. The fourth-order valence-corrected chi connectivity index (χ4v) is 3.24. The van der Waals surface area contributed by atoms with E-state index in [1.807, 2.05) is 29.2 Å². The van der Waals surface area contributed by atoms with Gasteiger partial charge in [-0.2, -0.15) is 13.2 Å². The molecule has 1 amide bonds. The van der Waals surface area contributed by atoms with E-state index < -0.39 is 11.7 Å². The quantitative estimate of drug-likeness (QED) is 0.725. The van der Waals surface area contributed by atoms with Gasteiger partial charge in [0.15, 0.2) is 5.11 Å². The first-order valence-corrected chi connectivity index (χ1v) is 9.30. The molecule has 0 saturated carbocycles. The second kappa shape index (κ2) is 8.60. The minimum absolute atomic E-state index is 0.169. The molecular weight excluding hydrogens is 387 g/mol. The number of nitrogens with zero attached hydrogens (tertiary/aromatic N) is 1. The van der Waals surface area contributed by atoms with Crippen molar-refractivity contribution in [1.29, 1.82) is 0 Å². The van der Waals surface area contributed by atoms with Gasteiger partial charge in [0.25, 0.3) is 0 Å². The summed E-state index contributed by atoms with van der Waals surface area (Å²) in [5.41, 5.74) is 1.82. The molecule has 0 radical (unpaired) electrons. The molecular formula is C20H20F3N3OS. The molecule has 0 aromatic heterocycles. The minimum Gasteiger partial charge on any atom is -0.358 e. The van der Waals surface area contributed by atoms with Crippen LogP contribution in [-0.4, -0.2) is 22.5 Å². The zero-order valence-electron chi connectivity index (χ0n) is 15.1. The first kappa shape index (κ1) is 20.1. The number of carbonyl (C=O) groups excluding carboxylic acids is 1. The molecule has 1 fully saturated rings. The number of halogens is 3. The molecule has 1 heterocycles. The Balaban J connectivity index is 1.57. The Labute approximate surface area is 166 Å². The van der Waals surface area contributed by atoms with Crippen molar-refractivity contribution in [3.05, 3.63) is 65.2 Å². The molecule has 0 spiro atoms. The Morgan fingerprint density at radius 2 is 1.75 bits per heavy atom. The van der Waals surface area contributed by atoms with E-state index in [4.69, 9.17) is 12.2 Å². The Morgan fingerprint density at radius 3 is 2.36 bits per heavy atom. The molecule has 2 aromatic carbocycles. The molecule has 1 saturated heterocycles. The second-order valence-corrected chi connectivity index (χ2v) is 6.98. The zero-order chi connectivity index (χ0) is 20.1. The molecule has 1 aliphatic heterocycles. The lowest BCUT2D eigenvalue weighted by atomic mass is 10.1. The lowest BCUT2D eigenvalue weighted by Gasteiger charge is -2.19.